The maximum absolute atomic E-state index is 11.2. The van der Waals surface area contributed by atoms with Gasteiger partial charge in [0.25, 0.3) is 0 Å². The molecule has 0 saturated carbocycles. The number of nitrogens with two attached hydrogens (primary N) is 1. The van der Waals surface area contributed by atoms with Gasteiger partial charge in [-0.1, -0.05) is 12.1 Å². The van der Waals surface area contributed by atoms with E-state index in [0.717, 1.165) is 5.56 Å². The van der Waals surface area contributed by atoms with Crippen LogP contribution in [0.3, 0.4) is 0 Å². The zero-order chi connectivity index (χ0) is 13.5. The lowest BCUT2D eigenvalue weighted by Gasteiger charge is -2.07. The number of methoxy groups -OCH3 is 1. The van der Waals surface area contributed by atoms with E-state index >= 15 is 0 Å². The number of rotatable bonds is 5. The molecule has 6 heteroatoms. The lowest BCUT2D eigenvalue weighted by Crippen LogP contribution is -2.39. The number of amides is 1. The topological polar surface area (TPSA) is 81.4 Å². The van der Waals surface area contributed by atoms with Gasteiger partial charge in [0.1, 0.15) is 0 Å². The lowest BCUT2D eigenvalue weighted by molar-refractivity contribution is -0.121. The quantitative estimate of drug-likeness (QED) is 0.788. The summed E-state index contributed by atoms with van der Waals surface area (Å²) in [6.45, 7) is 2.17. The highest BCUT2D eigenvalue weighted by Gasteiger charge is 2.06. The summed E-state index contributed by atoms with van der Waals surface area (Å²) in [5.74, 6) is -0.520. The number of hydrogen-bond acceptors (Lipinski definition) is 4. The SMILES string of the molecule is COC(=O)c1ccc(CCNC(=O)[C@H](C)N)cc1.Cl. The van der Waals surface area contributed by atoms with Crippen LogP contribution in [-0.4, -0.2) is 31.6 Å². The summed E-state index contributed by atoms with van der Waals surface area (Å²) in [5, 5.41) is 2.72. The van der Waals surface area contributed by atoms with Crippen molar-refractivity contribution in [2.45, 2.75) is 19.4 Å². The zero-order valence-electron chi connectivity index (χ0n) is 11.0. The Morgan fingerprint density at radius 3 is 2.37 bits per heavy atom. The average molecular weight is 287 g/mol. The van der Waals surface area contributed by atoms with Gasteiger partial charge in [0.15, 0.2) is 0 Å². The van der Waals surface area contributed by atoms with E-state index in [1.807, 2.05) is 12.1 Å². The number of halogens is 1. The van der Waals surface area contributed by atoms with Gasteiger partial charge < -0.3 is 15.8 Å². The van der Waals surface area contributed by atoms with E-state index in [2.05, 4.69) is 10.1 Å². The number of esters is 1. The van der Waals surface area contributed by atoms with Crippen molar-refractivity contribution < 1.29 is 14.3 Å². The molecule has 0 unspecified atom stereocenters. The number of benzene rings is 1. The van der Waals surface area contributed by atoms with Crippen molar-refractivity contribution in [2.75, 3.05) is 13.7 Å². The lowest BCUT2D eigenvalue weighted by atomic mass is 10.1. The largest absolute Gasteiger partial charge is 0.465 e. The highest BCUT2D eigenvalue weighted by Crippen LogP contribution is 2.06. The maximum atomic E-state index is 11.2. The molecule has 106 valence electrons. The van der Waals surface area contributed by atoms with Gasteiger partial charge in [-0.15, -0.1) is 12.4 Å². The molecule has 1 aromatic rings. The molecule has 3 N–H and O–H groups in total. The van der Waals surface area contributed by atoms with Gasteiger partial charge in [0, 0.05) is 6.54 Å². The number of nitrogens with one attached hydrogen (secondary N) is 1. The monoisotopic (exact) mass is 286 g/mol. The second-order valence-electron chi connectivity index (χ2n) is 4.02. The maximum Gasteiger partial charge on any atom is 0.337 e. The average Bonchev–Trinajstić information content (AvgIpc) is 2.38. The predicted octanol–water partition coefficient (Wildman–Crippen LogP) is 0.901. The molecule has 1 rings (SSSR count). The summed E-state index contributed by atoms with van der Waals surface area (Å²) in [6.07, 6.45) is 0.694. The van der Waals surface area contributed by atoms with Crippen LogP contribution in [0.4, 0.5) is 0 Å². The molecule has 0 aliphatic rings. The van der Waals surface area contributed by atoms with Gasteiger partial charge in [-0.25, -0.2) is 4.79 Å². The molecule has 0 heterocycles. The number of ether oxygens (including phenoxy) is 1. The molecule has 0 spiro atoms. The van der Waals surface area contributed by atoms with Gasteiger partial charge in [-0.2, -0.15) is 0 Å². The van der Waals surface area contributed by atoms with Crippen LogP contribution in [0.15, 0.2) is 24.3 Å². The predicted molar refractivity (Wildman–Crippen MR) is 75.4 cm³/mol. The fourth-order valence-electron chi connectivity index (χ4n) is 1.42. The van der Waals surface area contributed by atoms with Gasteiger partial charge in [0.05, 0.1) is 18.7 Å². The Morgan fingerprint density at radius 2 is 1.89 bits per heavy atom. The Hall–Kier alpha value is -1.59. The molecule has 1 aromatic carbocycles. The fraction of sp³-hybridized carbons (Fsp3) is 0.385. The zero-order valence-corrected chi connectivity index (χ0v) is 11.8. The van der Waals surface area contributed by atoms with Crippen LogP contribution in [0.25, 0.3) is 0 Å². The second kappa shape index (κ2) is 8.50. The van der Waals surface area contributed by atoms with E-state index in [1.54, 1.807) is 19.1 Å². The van der Waals surface area contributed by atoms with Gasteiger partial charge in [-0.05, 0) is 31.0 Å². The first kappa shape index (κ1) is 17.4. The van der Waals surface area contributed by atoms with E-state index < -0.39 is 6.04 Å². The van der Waals surface area contributed by atoms with Crippen LogP contribution in [0, 0.1) is 0 Å². The van der Waals surface area contributed by atoms with Gasteiger partial charge >= 0.3 is 5.97 Å². The Bertz CT molecular complexity index is 418. The van der Waals surface area contributed by atoms with Crippen molar-refractivity contribution in [2.24, 2.45) is 5.73 Å². The van der Waals surface area contributed by atoms with E-state index in [0.29, 0.717) is 18.5 Å². The molecule has 5 nitrogen and oxygen atoms in total. The standard InChI is InChI=1S/C13H18N2O3.ClH/c1-9(14)12(16)15-8-7-10-3-5-11(6-4-10)13(17)18-2;/h3-6,9H,7-8,14H2,1-2H3,(H,15,16);1H/t9-;/m0./s1. The van der Waals surface area contributed by atoms with Crippen molar-refractivity contribution in [1.82, 2.24) is 5.32 Å². The molecule has 0 bridgehead atoms. The van der Waals surface area contributed by atoms with Crippen LogP contribution in [0.2, 0.25) is 0 Å². The van der Waals surface area contributed by atoms with Crippen molar-refractivity contribution in [3.05, 3.63) is 35.4 Å². The van der Waals surface area contributed by atoms with Crippen molar-refractivity contribution in [3.8, 4) is 0 Å². The summed E-state index contributed by atoms with van der Waals surface area (Å²) in [7, 11) is 1.35. The third kappa shape index (κ3) is 5.72. The normalized spacial score (nSPS) is 11.1. The number of hydrogen-bond donors (Lipinski definition) is 2. The summed E-state index contributed by atoms with van der Waals surface area (Å²) in [4.78, 5) is 22.4. The first-order valence-electron chi connectivity index (χ1n) is 5.75. The van der Waals surface area contributed by atoms with E-state index in [4.69, 9.17) is 5.73 Å². The first-order chi connectivity index (χ1) is 8.54. The van der Waals surface area contributed by atoms with Crippen LogP contribution in [-0.2, 0) is 16.0 Å². The second-order valence-corrected chi connectivity index (χ2v) is 4.02. The molecule has 0 saturated heterocycles. The Morgan fingerprint density at radius 1 is 1.32 bits per heavy atom. The molecule has 19 heavy (non-hydrogen) atoms. The minimum Gasteiger partial charge on any atom is -0.465 e. The summed E-state index contributed by atoms with van der Waals surface area (Å²) in [6, 6.07) is 6.59. The summed E-state index contributed by atoms with van der Waals surface area (Å²) in [5.41, 5.74) is 6.97. The summed E-state index contributed by atoms with van der Waals surface area (Å²) < 4.78 is 4.61. The van der Waals surface area contributed by atoms with Crippen LogP contribution in [0.1, 0.15) is 22.8 Å². The third-order valence-corrected chi connectivity index (χ3v) is 2.50. The van der Waals surface area contributed by atoms with Gasteiger partial charge in [-0.3, -0.25) is 4.79 Å². The van der Waals surface area contributed by atoms with E-state index in [1.165, 1.54) is 7.11 Å². The molecule has 0 aliphatic carbocycles. The third-order valence-electron chi connectivity index (χ3n) is 2.50. The molecule has 0 fully saturated rings. The van der Waals surface area contributed by atoms with Crippen molar-refractivity contribution in [3.63, 3.8) is 0 Å². The van der Waals surface area contributed by atoms with Crippen molar-refractivity contribution >= 4 is 24.3 Å². The highest BCUT2D eigenvalue weighted by molar-refractivity contribution is 5.89. The highest BCUT2D eigenvalue weighted by atomic mass is 35.5. The molecule has 0 aromatic heterocycles. The molecular weight excluding hydrogens is 268 g/mol. The molecule has 0 radical (unpaired) electrons. The Kier molecular flexibility index (Phi) is 7.79. The molecular formula is C13H19ClN2O3. The van der Waals surface area contributed by atoms with Gasteiger partial charge in [0.2, 0.25) is 5.91 Å². The van der Waals surface area contributed by atoms with Crippen LogP contribution < -0.4 is 11.1 Å². The summed E-state index contributed by atoms with van der Waals surface area (Å²) >= 11 is 0. The van der Waals surface area contributed by atoms with E-state index in [9.17, 15) is 9.59 Å². The number of carbonyl (C=O) groups excluding carboxylic acids is 2. The van der Waals surface area contributed by atoms with Crippen molar-refractivity contribution in [1.29, 1.82) is 0 Å². The fourth-order valence-corrected chi connectivity index (χ4v) is 1.42. The Balaban J connectivity index is 0.00000324. The van der Waals surface area contributed by atoms with Crippen LogP contribution in [0.5, 0.6) is 0 Å². The Labute approximate surface area is 118 Å². The van der Waals surface area contributed by atoms with E-state index in [-0.39, 0.29) is 24.3 Å². The van der Waals surface area contributed by atoms with Crippen LogP contribution >= 0.6 is 12.4 Å². The smallest absolute Gasteiger partial charge is 0.337 e. The molecule has 0 aliphatic heterocycles. The molecule has 1 amide bonds. The molecule has 1 atom stereocenters. The first-order valence-corrected chi connectivity index (χ1v) is 5.75. The minimum absolute atomic E-state index is 0. The minimum atomic E-state index is -0.494. The number of carbonyl (C=O) groups is 2.